The van der Waals surface area contributed by atoms with E-state index in [0.29, 0.717) is 0 Å². The highest BCUT2D eigenvalue weighted by Gasteiger charge is 2.18. The Bertz CT molecular complexity index is 399. The molecule has 0 aliphatic rings. The molecule has 0 aliphatic heterocycles. The van der Waals surface area contributed by atoms with Crippen LogP contribution in [0.15, 0.2) is 24.3 Å². The number of benzene rings is 1. The predicted molar refractivity (Wildman–Crippen MR) is 78.4 cm³/mol. The van der Waals surface area contributed by atoms with Crippen LogP contribution in [0.4, 0.5) is 0 Å². The van der Waals surface area contributed by atoms with Gasteiger partial charge in [-0.25, -0.2) is 0 Å². The summed E-state index contributed by atoms with van der Waals surface area (Å²) in [5, 5.41) is 3.01. The molecule has 106 valence electrons. The molecule has 0 spiro atoms. The van der Waals surface area contributed by atoms with Gasteiger partial charge in [-0.05, 0) is 37.8 Å². The van der Waals surface area contributed by atoms with Crippen LogP contribution in [-0.2, 0) is 11.2 Å². The van der Waals surface area contributed by atoms with E-state index in [2.05, 4.69) is 26.1 Å². The molecule has 0 aliphatic carbocycles. The minimum absolute atomic E-state index is 0.0420. The Labute approximate surface area is 116 Å². The number of nitrogens with one attached hydrogen (secondary N) is 1. The van der Waals surface area contributed by atoms with Gasteiger partial charge < -0.3 is 10.1 Å². The third-order valence-corrected chi connectivity index (χ3v) is 3.36. The van der Waals surface area contributed by atoms with Gasteiger partial charge in [0.05, 0.1) is 0 Å². The van der Waals surface area contributed by atoms with E-state index in [0.717, 1.165) is 30.6 Å². The molecule has 0 aromatic heterocycles. The highest BCUT2D eigenvalue weighted by molar-refractivity contribution is 5.81. The van der Waals surface area contributed by atoms with Gasteiger partial charge in [-0.2, -0.15) is 0 Å². The first-order valence-corrected chi connectivity index (χ1v) is 7.17. The summed E-state index contributed by atoms with van der Waals surface area (Å²) in [6.07, 6.45) is 2.33. The zero-order chi connectivity index (χ0) is 14.3. The van der Waals surface area contributed by atoms with Crippen LogP contribution >= 0.6 is 0 Å². The average molecular weight is 263 g/mol. The summed E-state index contributed by atoms with van der Waals surface area (Å²) in [5.41, 5.74) is 1.13. The monoisotopic (exact) mass is 263 g/mol. The zero-order valence-electron chi connectivity index (χ0n) is 12.4. The van der Waals surface area contributed by atoms with Crippen LogP contribution < -0.4 is 10.1 Å². The fraction of sp³-hybridized carbons (Fsp3) is 0.562. The van der Waals surface area contributed by atoms with Gasteiger partial charge in [-0.3, -0.25) is 4.79 Å². The number of para-hydroxylation sites is 1. The minimum atomic E-state index is -0.465. The van der Waals surface area contributed by atoms with Crippen LogP contribution in [0.2, 0.25) is 0 Å². The Hall–Kier alpha value is -1.51. The molecule has 0 saturated carbocycles. The Morgan fingerprint density at radius 1 is 1.21 bits per heavy atom. The zero-order valence-corrected chi connectivity index (χ0v) is 12.4. The van der Waals surface area contributed by atoms with Crippen molar-refractivity contribution in [3.8, 4) is 5.75 Å². The molecule has 3 heteroatoms. The van der Waals surface area contributed by atoms with Crippen LogP contribution in [0, 0.1) is 0 Å². The van der Waals surface area contributed by atoms with Crippen molar-refractivity contribution >= 4 is 5.91 Å². The number of amides is 1. The molecule has 1 aromatic rings. The normalized spacial score (nSPS) is 12.3. The van der Waals surface area contributed by atoms with Gasteiger partial charge in [-0.15, -0.1) is 0 Å². The SMILES string of the molecule is CCc1ccccc1OC(C)C(=O)NC(CC)CC. The number of hydrogen-bond donors (Lipinski definition) is 1. The van der Waals surface area contributed by atoms with Crippen molar-refractivity contribution in [1.82, 2.24) is 5.32 Å². The lowest BCUT2D eigenvalue weighted by molar-refractivity contribution is -0.128. The molecule has 3 nitrogen and oxygen atoms in total. The van der Waals surface area contributed by atoms with Crippen molar-refractivity contribution in [3.63, 3.8) is 0 Å². The molecule has 1 N–H and O–H groups in total. The summed E-state index contributed by atoms with van der Waals surface area (Å²) in [7, 11) is 0. The summed E-state index contributed by atoms with van der Waals surface area (Å²) in [6.45, 7) is 8.03. The lowest BCUT2D eigenvalue weighted by Gasteiger charge is -2.20. The second-order valence-electron chi connectivity index (χ2n) is 4.74. The van der Waals surface area contributed by atoms with Gasteiger partial charge >= 0.3 is 0 Å². The van der Waals surface area contributed by atoms with Gasteiger partial charge in [0.1, 0.15) is 5.75 Å². The van der Waals surface area contributed by atoms with Crippen molar-refractivity contribution in [2.75, 3.05) is 0 Å². The number of hydrogen-bond acceptors (Lipinski definition) is 2. The average Bonchev–Trinajstić information content (AvgIpc) is 2.44. The third-order valence-electron chi connectivity index (χ3n) is 3.36. The highest BCUT2D eigenvalue weighted by Crippen LogP contribution is 2.19. The van der Waals surface area contributed by atoms with E-state index in [1.165, 1.54) is 0 Å². The number of carbonyl (C=O) groups excluding carboxylic acids is 1. The quantitative estimate of drug-likeness (QED) is 0.819. The van der Waals surface area contributed by atoms with Crippen LogP contribution in [0.25, 0.3) is 0 Å². The molecular weight excluding hydrogens is 238 g/mol. The summed E-state index contributed by atoms with van der Waals surface area (Å²) < 4.78 is 5.78. The van der Waals surface area contributed by atoms with E-state index < -0.39 is 6.10 Å². The van der Waals surface area contributed by atoms with Crippen LogP contribution in [-0.4, -0.2) is 18.1 Å². The molecular formula is C16H25NO2. The molecule has 19 heavy (non-hydrogen) atoms. The van der Waals surface area contributed by atoms with E-state index in [4.69, 9.17) is 4.74 Å². The summed E-state index contributed by atoms with van der Waals surface area (Å²) >= 11 is 0. The largest absolute Gasteiger partial charge is 0.481 e. The Kier molecular flexibility index (Phi) is 6.40. The minimum Gasteiger partial charge on any atom is -0.481 e. The number of rotatable bonds is 7. The van der Waals surface area contributed by atoms with Crippen LogP contribution in [0.3, 0.4) is 0 Å². The second-order valence-corrected chi connectivity index (χ2v) is 4.74. The van der Waals surface area contributed by atoms with Gasteiger partial charge in [0.15, 0.2) is 6.10 Å². The summed E-state index contributed by atoms with van der Waals surface area (Å²) in [5.74, 6) is 0.761. The fourth-order valence-corrected chi connectivity index (χ4v) is 1.97. The second kappa shape index (κ2) is 7.82. The number of ether oxygens (including phenoxy) is 1. The molecule has 1 aromatic carbocycles. The fourth-order valence-electron chi connectivity index (χ4n) is 1.97. The maximum absolute atomic E-state index is 12.0. The van der Waals surface area contributed by atoms with Crippen molar-refractivity contribution in [3.05, 3.63) is 29.8 Å². The Morgan fingerprint density at radius 2 is 1.84 bits per heavy atom. The van der Waals surface area contributed by atoms with E-state index in [1.54, 1.807) is 6.92 Å². The van der Waals surface area contributed by atoms with Gasteiger partial charge in [0.2, 0.25) is 0 Å². The lowest BCUT2D eigenvalue weighted by atomic mass is 10.1. The molecule has 1 rings (SSSR count). The van der Waals surface area contributed by atoms with Gasteiger partial charge in [0.25, 0.3) is 5.91 Å². The maximum Gasteiger partial charge on any atom is 0.260 e. The summed E-state index contributed by atoms with van der Waals surface area (Å²) in [4.78, 5) is 12.0. The maximum atomic E-state index is 12.0. The topological polar surface area (TPSA) is 38.3 Å². The molecule has 1 amide bonds. The Morgan fingerprint density at radius 3 is 2.42 bits per heavy atom. The summed E-state index contributed by atoms with van der Waals surface area (Å²) in [6, 6.07) is 8.10. The first kappa shape index (κ1) is 15.5. The first-order chi connectivity index (χ1) is 9.12. The molecule has 0 fully saturated rings. The standard InChI is InChI=1S/C16H25NO2/c1-5-13-10-8-9-11-15(13)19-12(4)16(18)17-14(6-2)7-3/h8-12,14H,5-7H2,1-4H3,(H,17,18). The van der Waals surface area contributed by atoms with Gasteiger partial charge in [0, 0.05) is 6.04 Å². The van der Waals surface area contributed by atoms with Crippen molar-refractivity contribution in [1.29, 1.82) is 0 Å². The highest BCUT2D eigenvalue weighted by atomic mass is 16.5. The lowest BCUT2D eigenvalue weighted by Crippen LogP contribution is -2.42. The molecule has 0 heterocycles. The third kappa shape index (κ3) is 4.58. The van der Waals surface area contributed by atoms with Crippen molar-refractivity contribution in [2.45, 2.75) is 59.1 Å². The molecule has 0 bridgehead atoms. The predicted octanol–water partition coefficient (Wildman–Crippen LogP) is 3.32. The first-order valence-electron chi connectivity index (χ1n) is 7.17. The van der Waals surface area contributed by atoms with Crippen molar-refractivity contribution in [2.24, 2.45) is 0 Å². The number of carbonyl (C=O) groups is 1. The van der Waals surface area contributed by atoms with E-state index in [9.17, 15) is 4.79 Å². The van der Waals surface area contributed by atoms with E-state index >= 15 is 0 Å². The molecule has 0 radical (unpaired) electrons. The smallest absolute Gasteiger partial charge is 0.260 e. The van der Waals surface area contributed by atoms with E-state index in [1.807, 2.05) is 24.3 Å². The molecule has 0 saturated heterocycles. The number of aryl methyl sites for hydroxylation is 1. The van der Waals surface area contributed by atoms with Crippen LogP contribution in [0.5, 0.6) is 5.75 Å². The van der Waals surface area contributed by atoms with E-state index in [-0.39, 0.29) is 11.9 Å². The van der Waals surface area contributed by atoms with Crippen LogP contribution in [0.1, 0.15) is 46.1 Å². The molecule has 1 unspecified atom stereocenters. The Balaban J connectivity index is 2.63. The van der Waals surface area contributed by atoms with Crippen molar-refractivity contribution < 1.29 is 9.53 Å². The molecule has 1 atom stereocenters. The van der Waals surface area contributed by atoms with Gasteiger partial charge in [-0.1, -0.05) is 39.0 Å².